The summed E-state index contributed by atoms with van der Waals surface area (Å²) >= 11 is 0. The highest BCUT2D eigenvalue weighted by Crippen LogP contribution is 2.11. The van der Waals surface area contributed by atoms with Crippen LogP contribution < -0.4 is 0 Å². The monoisotopic (exact) mass is 306 g/mol. The van der Waals surface area contributed by atoms with Crippen molar-refractivity contribution in [2.75, 3.05) is 33.7 Å². The van der Waals surface area contributed by atoms with Crippen molar-refractivity contribution >= 4 is 11.9 Å². The molecule has 124 valence electrons. The summed E-state index contributed by atoms with van der Waals surface area (Å²) in [6.45, 7) is 7.41. The molecule has 0 rings (SSSR count). The van der Waals surface area contributed by atoms with Crippen LogP contribution in [0.2, 0.25) is 0 Å². The van der Waals surface area contributed by atoms with E-state index in [-0.39, 0.29) is 19.8 Å². The zero-order chi connectivity index (χ0) is 16.3. The Morgan fingerprint density at radius 1 is 1.14 bits per heavy atom. The molecule has 0 aromatic heterocycles. The predicted molar refractivity (Wildman–Crippen MR) is 74.7 cm³/mol. The van der Waals surface area contributed by atoms with E-state index in [4.69, 9.17) is 23.7 Å². The lowest BCUT2D eigenvalue weighted by Gasteiger charge is -2.22. The van der Waals surface area contributed by atoms with Gasteiger partial charge < -0.3 is 23.7 Å². The molecule has 0 N–H and O–H groups in total. The Morgan fingerprint density at radius 2 is 1.81 bits per heavy atom. The molecule has 0 aliphatic heterocycles. The van der Waals surface area contributed by atoms with E-state index in [1.54, 1.807) is 27.9 Å². The van der Waals surface area contributed by atoms with Crippen LogP contribution in [0.4, 0.5) is 0 Å². The average Bonchev–Trinajstić information content (AvgIpc) is 2.32. The minimum Gasteiger partial charge on any atom is -0.463 e. The highest BCUT2D eigenvalue weighted by Gasteiger charge is 2.22. The number of rotatable bonds is 10. The molecule has 0 aliphatic rings. The minimum absolute atomic E-state index is 0.0157. The number of hydrogen-bond donors (Lipinski definition) is 0. The molecule has 0 bridgehead atoms. The second-order valence-corrected chi connectivity index (χ2v) is 5.40. The third-order valence-corrected chi connectivity index (χ3v) is 2.11. The SMILES string of the molecule is COCCOCOC(COC(C)=O)CC(=O)OC(C)(C)C. The van der Waals surface area contributed by atoms with Gasteiger partial charge >= 0.3 is 11.9 Å². The Kier molecular flexibility index (Phi) is 9.94. The summed E-state index contributed by atoms with van der Waals surface area (Å²) in [5.41, 5.74) is -0.571. The largest absolute Gasteiger partial charge is 0.463 e. The van der Waals surface area contributed by atoms with E-state index in [0.717, 1.165) is 0 Å². The van der Waals surface area contributed by atoms with Gasteiger partial charge in [-0.2, -0.15) is 0 Å². The van der Waals surface area contributed by atoms with Gasteiger partial charge in [-0.1, -0.05) is 0 Å². The smallest absolute Gasteiger partial charge is 0.309 e. The highest BCUT2D eigenvalue weighted by molar-refractivity contribution is 5.70. The van der Waals surface area contributed by atoms with Crippen molar-refractivity contribution in [2.24, 2.45) is 0 Å². The normalized spacial score (nSPS) is 12.8. The fraction of sp³-hybridized carbons (Fsp3) is 0.857. The minimum atomic E-state index is -0.605. The number of ether oxygens (including phenoxy) is 5. The van der Waals surface area contributed by atoms with Gasteiger partial charge in [0.25, 0.3) is 0 Å². The van der Waals surface area contributed by atoms with Crippen molar-refractivity contribution in [1.82, 2.24) is 0 Å². The fourth-order valence-corrected chi connectivity index (χ4v) is 1.29. The molecule has 0 fully saturated rings. The van der Waals surface area contributed by atoms with E-state index in [1.165, 1.54) is 6.92 Å². The molecule has 0 saturated carbocycles. The maximum Gasteiger partial charge on any atom is 0.309 e. The molecule has 1 unspecified atom stereocenters. The van der Waals surface area contributed by atoms with E-state index in [0.29, 0.717) is 13.2 Å². The second-order valence-electron chi connectivity index (χ2n) is 5.40. The third-order valence-electron chi connectivity index (χ3n) is 2.11. The summed E-state index contributed by atoms with van der Waals surface area (Å²) in [5, 5.41) is 0. The number of methoxy groups -OCH3 is 1. The summed E-state index contributed by atoms with van der Waals surface area (Å²) in [4.78, 5) is 22.6. The van der Waals surface area contributed by atoms with Crippen LogP contribution in [-0.2, 0) is 33.3 Å². The van der Waals surface area contributed by atoms with Crippen LogP contribution in [0.1, 0.15) is 34.1 Å². The molecule has 0 aromatic rings. The van der Waals surface area contributed by atoms with Crippen LogP contribution in [0, 0.1) is 0 Å². The molecular formula is C14H26O7. The topological polar surface area (TPSA) is 80.3 Å². The van der Waals surface area contributed by atoms with Crippen molar-refractivity contribution in [3.05, 3.63) is 0 Å². The van der Waals surface area contributed by atoms with Crippen LogP contribution in [0.25, 0.3) is 0 Å². The maximum atomic E-state index is 11.7. The number of carbonyl (C=O) groups is 2. The molecule has 0 saturated heterocycles. The van der Waals surface area contributed by atoms with E-state index in [1.807, 2.05) is 0 Å². The molecule has 7 heteroatoms. The van der Waals surface area contributed by atoms with Gasteiger partial charge in [0, 0.05) is 14.0 Å². The van der Waals surface area contributed by atoms with Gasteiger partial charge in [0.05, 0.1) is 19.6 Å². The number of carbonyl (C=O) groups excluding carboxylic acids is 2. The Balaban J connectivity index is 4.18. The van der Waals surface area contributed by atoms with Crippen LogP contribution >= 0.6 is 0 Å². The van der Waals surface area contributed by atoms with Gasteiger partial charge in [-0.3, -0.25) is 9.59 Å². The molecule has 7 nitrogen and oxygen atoms in total. The van der Waals surface area contributed by atoms with Gasteiger partial charge in [-0.15, -0.1) is 0 Å². The molecule has 0 spiro atoms. The molecule has 21 heavy (non-hydrogen) atoms. The van der Waals surface area contributed by atoms with E-state index >= 15 is 0 Å². The van der Waals surface area contributed by atoms with Gasteiger partial charge in [-0.05, 0) is 20.8 Å². The quantitative estimate of drug-likeness (QED) is 0.342. The summed E-state index contributed by atoms with van der Waals surface area (Å²) in [6, 6.07) is 0. The standard InChI is InChI=1S/C14H26O7/c1-11(15)19-9-12(20-10-18-7-6-17-5)8-13(16)21-14(2,3)4/h12H,6-10H2,1-5H3. The Hall–Kier alpha value is -1.18. The van der Waals surface area contributed by atoms with Crippen molar-refractivity contribution in [2.45, 2.75) is 45.8 Å². The first-order valence-electron chi connectivity index (χ1n) is 6.78. The lowest BCUT2D eigenvalue weighted by molar-refractivity contribution is -0.168. The molecule has 1 atom stereocenters. The van der Waals surface area contributed by atoms with Gasteiger partial charge in [0.1, 0.15) is 25.1 Å². The fourth-order valence-electron chi connectivity index (χ4n) is 1.29. The van der Waals surface area contributed by atoms with Crippen LogP contribution in [0.3, 0.4) is 0 Å². The van der Waals surface area contributed by atoms with Gasteiger partial charge in [-0.25, -0.2) is 0 Å². The summed E-state index contributed by atoms with van der Waals surface area (Å²) in [5.74, 6) is -0.857. The first kappa shape index (κ1) is 19.8. The van der Waals surface area contributed by atoms with Crippen molar-refractivity contribution < 1.29 is 33.3 Å². The van der Waals surface area contributed by atoms with Gasteiger partial charge in [0.15, 0.2) is 0 Å². The third kappa shape index (κ3) is 13.6. The Morgan fingerprint density at radius 3 is 2.33 bits per heavy atom. The molecular weight excluding hydrogens is 280 g/mol. The van der Waals surface area contributed by atoms with E-state index in [2.05, 4.69) is 0 Å². The highest BCUT2D eigenvalue weighted by atomic mass is 16.7. The van der Waals surface area contributed by atoms with Crippen LogP contribution in [0.15, 0.2) is 0 Å². The summed E-state index contributed by atoms with van der Waals surface area (Å²) in [6.07, 6.45) is -0.621. The molecule has 0 amide bonds. The molecule has 0 heterocycles. The maximum absolute atomic E-state index is 11.7. The average molecular weight is 306 g/mol. The lowest BCUT2D eigenvalue weighted by Crippen LogP contribution is -2.30. The van der Waals surface area contributed by atoms with Crippen LogP contribution in [-0.4, -0.2) is 57.4 Å². The van der Waals surface area contributed by atoms with Crippen molar-refractivity contribution in [3.63, 3.8) is 0 Å². The molecule has 0 aromatic carbocycles. The Bertz CT molecular complexity index is 309. The number of esters is 2. The van der Waals surface area contributed by atoms with Crippen molar-refractivity contribution in [3.8, 4) is 0 Å². The molecule has 0 aliphatic carbocycles. The summed E-state index contributed by atoms with van der Waals surface area (Å²) in [7, 11) is 1.57. The number of hydrogen-bond acceptors (Lipinski definition) is 7. The Labute approximate surface area is 125 Å². The zero-order valence-corrected chi connectivity index (χ0v) is 13.5. The van der Waals surface area contributed by atoms with Crippen LogP contribution in [0.5, 0.6) is 0 Å². The van der Waals surface area contributed by atoms with Gasteiger partial charge in [0.2, 0.25) is 0 Å². The lowest BCUT2D eigenvalue weighted by atomic mass is 10.2. The van der Waals surface area contributed by atoms with E-state index < -0.39 is 23.6 Å². The zero-order valence-electron chi connectivity index (χ0n) is 13.5. The predicted octanol–water partition coefficient (Wildman–Crippen LogP) is 1.29. The first-order valence-corrected chi connectivity index (χ1v) is 6.78. The summed E-state index contributed by atoms with van der Waals surface area (Å²) < 4.78 is 25.4. The van der Waals surface area contributed by atoms with E-state index in [9.17, 15) is 9.59 Å². The van der Waals surface area contributed by atoms with Crippen molar-refractivity contribution in [1.29, 1.82) is 0 Å². The second kappa shape index (κ2) is 10.5. The molecule has 0 radical (unpaired) electrons. The first-order chi connectivity index (χ1) is 9.74.